The van der Waals surface area contributed by atoms with Crippen molar-refractivity contribution >= 4 is 35.6 Å². The number of hydrazone groups is 1. The highest BCUT2D eigenvalue weighted by Crippen LogP contribution is 2.11. The molecule has 0 bridgehead atoms. The summed E-state index contributed by atoms with van der Waals surface area (Å²) < 4.78 is 10.4. The smallest absolute Gasteiger partial charge is 0.338 e. The second-order valence-corrected chi connectivity index (χ2v) is 7.25. The molecule has 1 heterocycles. The lowest BCUT2D eigenvalue weighted by Gasteiger charge is -2.07. The molecule has 1 aromatic heterocycles. The van der Waals surface area contributed by atoms with Crippen LogP contribution in [0.3, 0.4) is 0 Å². The largest absolute Gasteiger partial charge is 0.462 e. The predicted octanol–water partition coefficient (Wildman–Crippen LogP) is 2.78. The molecule has 3 rings (SSSR count). The van der Waals surface area contributed by atoms with Crippen LogP contribution in [0.5, 0.6) is 0 Å². The Labute approximate surface area is 201 Å². The topological polar surface area (TPSA) is 139 Å². The highest BCUT2D eigenvalue weighted by atomic mass is 16.5. The van der Waals surface area contributed by atoms with Crippen molar-refractivity contribution in [2.75, 3.05) is 11.9 Å². The number of carbonyl (C=O) groups excluding carboxylic acids is 4. The summed E-state index contributed by atoms with van der Waals surface area (Å²) in [6.45, 7) is 3.76. The Kier molecular flexibility index (Phi) is 8.49. The molecule has 10 nitrogen and oxygen atoms in total. The average molecular weight is 476 g/mol. The Morgan fingerprint density at radius 1 is 0.971 bits per heavy atom. The summed E-state index contributed by atoms with van der Waals surface area (Å²) in [4.78, 5) is 48.0. The number of benzene rings is 2. The quantitative estimate of drug-likeness (QED) is 0.198. The molecule has 3 N–H and O–H groups in total. The van der Waals surface area contributed by atoms with Crippen LogP contribution >= 0.6 is 0 Å². The third kappa shape index (κ3) is 7.13. The molecule has 0 aliphatic rings. The van der Waals surface area contributed by atoms with Gasteiger partial charge >= 0.3 is 17.8 Å². The fourth-order valence-corrected chi connectivity index (χ4v) is 2.94. The normalized spacial score (nSPS) is 10.6. The third-order valence-electron chi connectivity index (χ3n) is 4.71. The van der Waals surface area contributed by atoms with Crippen molar-refractivity contribution in [3.8, 4) is 0 Å². The van der Waals surface area contributed by atoms with Gasteiger partial charge in [-0.1, -0.05) is 18.2 Å². The van der Waals surface area contributed by atoms with E-state index < -0.39 is 17.8 Å². The number of nitrogens with zero attached hydrogens (tertiary/aromatic N) is 1. The summed E-state index contributed by atoms with van der Waals surface area (Å²) in [7, 11) is 0. The molecule has 0 aliphatic carbocycles. The number of nitrogens with one attached hydrogen (secondary N) is 3. The zero-order valence-electron chi connectivity index (χ0n) is 19.2. The summed E-state index contributed by atoms with van der Waals surface area (Å²) in [5.74, 6) is -1.82. The van der Waals surface area contributed by atoms with Crippen molar-refractivity contribution in [1.29, 1.82) is 0 Å². The van der Waals surface area contributed by atoms with Gasteiger partial charge in [-0.3, -0.25) is 14.4 Å². The standard InChI is InChI=1S/C25H24N4O6/c1-3-34-25(33)17-8-10-18(11-9-17)28-24(32)23(31)26-14-19-12-13-20(35-19)15-27-29-22(30)21-7-5-4-6-16(21)2/h4-13,15H,3,14H2,1-2H3,(H,26,31)(H,28,32)(H,29,30)/b27-15-. The van der Waals surface area contributed by atoms with Gasteiger partial charge in [0.05, 0.1) is 24.9 Å². The van der Waals surface area contributed by atoms with Crippen LogP contribution in [0.4, 0.5) is 5.69 Å². The number of rotatable bonds is 8. The van der Waals surface area contributed by atoms with Crippen LogP contribution in [-0.4, -0.2) is 36.5 Å². The van der Waals surface area contributed by atoms with Gasteiger partial charge in [-0.05, 0) is 61.9 Å². The van der Waals surface area contributed by atoms with Crippen molar-refractivity contribution in [1.82, 2.24) is 10.7 Å². The van der Waals surface area contributed by atoms with Gasteiger partial charge < -0.3 is 19.8 Å². The Balaban J connectivity index is 1.45. The highest BCUT2D eigenvalue weighted by molar-refractivity contribution is 6.39. The number of esters is 1. The van der Waals surface area contributed by atoms with E-state index in [-0.39, 0.29) is 19.1 Å². The number of ether oxygens (including phenoxy) is 1. The molecular formula is C25H24N4O6. The average Bonchev–Trinajstić information content (AvgIpc) is 3.31. The number of aryl methyl sites for hydroxylation is 1. The summed E-state index contributed by atoms with van der Waals surface area (Å²) in [5, 5.41) is 8.76. The van der Waals surface area contributed by atoms with Gasteiger partial charge in [0.25, 0.3) is 5.91 Å². The van der Waals surface area contributed by atoms with Crippen molar-refractivity contribution in [3.63, 3.8) is 0 Å². The Morgan fingerprint density at radius 2 is 1.71 bits per heavy atom. The van der Waals surface area contributed by atoms with E-state index in [2.05, 4.69) is 21.2 Å². The summed E-state index contributed by atoms with van der Waals surface area (Å²) >= 11 is 0. The lowest BCUT2D eigenvalue weighted by molar-refractivity contribution is -0.136. The van der Waals surface area contributed by atoms with Crippen LogP contribution in [-0.2, 0) is 20.9 Å². The first-order chi connectivity index (χ1) is 16.9. The zero-order chi connectivity index (χ0) is 25.2. The van der Waals surface area contributed by atoms with Crippen molar-refractivity contribution in [3.05, 3.63) is 88.9 Å². The minimum atomic E-state index is -0.874. The molecule has 0 spiro atoms. The van der Waals surface area contributed by atoms with Crippen LogP contribution in [0, 0.1) is 6.92 Å². The lowest BCUT2D eigenvalue weighted by atomic mass is 10.1. The number of hydrogen-bond acceptors (Lipinski definition) is 7. The second kappa shape index (κ2) is 11.9. The first-order valence-corrected chi connectivity index (χ1v) is 10.7. The minimum Gasteiger partial charge on any atom is -0.462 e. The van der Waals surface area contributed by atoms with Crippen LogP contribution in [0.1, 0.15) is 44.7 Å². The fourth-order valence-electron chi connectivity index (χ4n) is 2.94. The molecule has 3 amide bonds. The molecule has 0 atom stereocenters. The summed E-state index contributed by atoms with van der Waals surface area (Å²) in [6, 6.07) is 16.3. The maximum Gasteiger partial charge on any atom is 0.338 e. The number of carbonyl (C=O) groups is 4. The van der Waals surface area contributed by atoms with Gasteiger partial charge in [0.2, 0.25) is 0 Å². The van der Waals surface area contributed by atoms with Gasteiger partial charge in [0.15, 0.2) is 0 Å². The van der Waals surface area contributed by atoms with Crippen molar-refractivity contribution < 1.29 is 28.3 Å². The minimum absolute atomic E-state index is 0.0303. The van der Waals surface area contributed by atoms with E-state index in [1.54, 1.807) is 31.2 Å². The molecule has 0 saturated carbocycles. The predicted molar refractivity (Wildman–Crippen MR) is 128 cm³/mol. The number of hydrogen-bond donors (Lipinski definition) is 3. The molecule has 3 aromatic rings. The lowest BCUT2D eigenvalue weighted by Crippen LogP contribution is -2.34. The van der Waals surface area contributed by atoms with E-state index in [0.717, 1.165) is 5.56 Å². The van der Waals surface area contributed by atoms with Crippen LogP contribution in [0.2, 0.25) is 0 Å². The van der Waals surface area contributed by atoms with Gasteiger partial charge in [0.1, 0.15) is 11.5 Å². The molecule has 0 fully saturated rings. The van der Waals surface area contributed by atoms with Crippen molar-refractivity contribution in [2.24, 2.45) is 5.10 Å². The van der Waals surface area contributed by atoms with Gasteiger partial charge in [-0.15, -0.1) is 0 Å². The number of anilines is 1. The second-order valence-electron chi connectivity index (χ2n) is 7.25. The first kappa shape index (κ1) is 24.9. The molecule has 2 aromatic carbocycles. The number of amides is 3. The van der Waals surface area contributed by atoms with Crippen LogP contribution < -0.4 is 16.1 Å². The molecule has 0 radical (unpaired) electrons. The van der Waals surface area contributed by atoms with Gasteiger partial charge in [-0.25, -0.2) is 10.2 Å². The molecule has 0 aliphatic heterocycles. The Morgan fingerprint density at radius 3 is 2.43 bits per heavy atom. The maximum absolute atomic E-state index is 12.1. The monoisotopic (exact) mass is 476 g/mol. The number of furan rings is 1. The van der Waals surface area contributed by atoms with Crippen LogP contribution in [0.15, 0.2) is 70.2 Å². The van der Waals surface area contributed by atoms with E-state index >= 15 is 0 Å². The molecular weight excluding hydrogens is 452 g/mol. The molecule has 0 unspecified atom stereocenters. The molecule has 35 heavy (non-hydrogen) atoms. The van der Waals surface area contributed by atoms with Gasteiger partial charge in [-0.2, -0.15) is 5.10 Å². The van der Waals surface area contributed by atoms with E-state index in [9.17, 15) is 19.2 Å². The maximum atomic E-state index is 12.1. The van der Waals surface area contributed by atoms with E-state index in [0.29, 0.717) is 28.3 Å². The zero-order valence-corrected chi connectivity index (χ0v) is 19.2. The molecule has 180 valence electrons. The highest BCUT2D eigenvalue weighted by Gasteiger charge is 2.15. The summed E-state index contributed by atoms with van der Waals surface area (Å²) in [6.07, 6.45) is 1.33. The van der Waals surface area contributed by atoms with E-state index in [1.807, 2.05) is 19.1 Å². The van der Waals surface area contributed by atoms with Crippen molar-refractivity contribution in [2.45, 2.75) is 20.4 Å². The van der Waals surface area contributed by atoms with Gasteiger partial charge in [0, 0.05) is 11.3 Å². The first-order valence-electron chi connectivity index (χ1n) is 10.7. The van der Waals surface area contributed by atoms with E-state index in [4.69, 9.17) is 9.15 Å². The Bertz CT molecular complexity index is 1250. The summed E-state index contributed by atoms with van der Waals surface area (Å²) in [5.41, 5.74) is 4.45. The fraction of sp³-hybridized carbons (Fsp3) is 0.160. The molecule has 10 heteroatoms. The van der Waals surface area contributed by atoms with E-state index in [1.165, 1.54) is 30.5 Å². The molecule has 0 saturated heterocycles. The SMILES string of the molecule is CCOC(=O)c1ccc(NC(=O)C(=O)NCc2ccc(/C=N\NC(=O)c3ccccc3C)o2)cc1. The van der Waals surface area contributed by atoms with Crippen LogP contribution in [0.25, 0.3) is 0 Å². The Hall–Kier alpha value is -4.73. The third-order valence-corrected chi connectivity index (χ3v) is 4.71.